The quantitative estimate of drug-likeness (QED) is 0.636. The van der Waals surface area contributed by atoms with Crippen LogP contribution in [-0.2, 0) is 6.54 Å². The van der Waals surface area contributed by atoms with Crippen LogP contribution in [0.3, 0.4) is 0 Å². The molecule has 116 valence electrons. The number of aliphatic imine (C=N–C) groups is 1. The van der Waals surface area contributed by atoms with E-state index < -0.39 is 5.82 Å². The molecule has 0 atom stereocenters. The van der Waals surface area contributed by atoms with Crippen molar-refractivity contribution in [1.29, 1.82) is 0 Å². The third-order valence-electron chi connectivity index (χ3n) is 2.85. The lowest BCUT2D eigenvalue weighted by molar-refractivity contribution is 0.440. The molecule has 0 radical (unpaired) electrons. The molecular formula is C16H19FN4O. The Kier molecular flexibility index (Phi) is 5.71. The molecule has 2 aromatic rings. The van der Waals surface area contributed by atoms with E-state index in [4.69, 9.17) is 10.5 Å². The van der Waals surface area contributed by atoms with Crippen molar-refractivity contribution in [1.82, 2.24) is 10.3 Å². The highest BCUT2D eigenvalue weighted by atomic mass is 19.1. The van der Waals surface area contributed by atoms with Gasteiger partial charge in [0.15, 0.2) is 17.5 Å². The molecule has 1 aromatic carbocycles. The summed E-state index contributed by atoms with van der Waals surface area (Å²) >= 11 is 0. The third-order valence-corrected chi connectivity index (χ3v) is 2.85. The van der Waals surface area contributed by atoms with Crippen molar-refractivity contribution >= 4 is 5.96 Å². The SMILES string of the molecule is CCCNC(N)=NCc1ccc(Oc2cccnc2)c(F)c1. The first kappa shape index (κ1) is 15.8. The summed E-state index contributed by atoms with van der Waals surface area (Å²) in [6, 6.07) is 8.16. The van der Waals surface area contributed by atoms with Gasteiger partial charge in [-0.25, -0.2) is 9.38 Å². The highest BCUT2D eigenvalue weighted by Crippen LogP contribution is 2.24. The molecule has 3 N–H and O–H groups in total. The van der Waals surface area contributed by atoms with Crippen molar-refractivity contribution in [2.45, 2.75) is 19.9 Å². The van der Waals surface area contributed by atoms with Crippen molar-refractivity contribution in [3.63, 3.8) is 0 Å². The zero-order chi connectivity index (χ0) is 15.8. The summed E-state index contributed by atoms with van der Waals surface area (Å²) in [6.07, 6.45) is 4.12. The Bertz CT molecular complexity index is 631. The molecule has 2 rings (SSSR count). The maximum Gasteiger partial charge on any atom is 0.188 e. The molecule has 0 aliphatic rings. The first-order valence-corrected chi connectivity index (χ1v) is 7.09. The number of pyridine rings is 1. The Hall–Kier alpha value is -2.63. The van der Waals surface area contributed by atoms with E-state index in [0.717, 1.165) is 18.5 Å². The first-order valence-electron chi connectivity index (χ1n) is 7.09. The van der Waals surface area contributed by atoms with Crippen molar-refractivity contribution < 1.29 is 9.13 Å². The topological polar surface area (TPSA) is 72.5 Å². The van der Waals surface area contributed by atoms with Crippen LogP contribution in [0.2, 0.25) is 0 Å². The van der Waals surface area contributed by atoms with Crippen LogP contribution in [0.15, 0.2) is 47.7 Å². The molecule has 0 amide bonds. The number of hydrogen-bond donors (Lipinski definition) is 2. The molecule has 5 nitrogen and oxygen atoms in total. The molecule has 6 heteroatoms. The van der Waals surface area contributed by atoms with Gasteiger partial charge in [0.05, 0.1) is 12.7 Å². The minimum absolute atomic E-state index is 0.151. The number of nitrogens with zero attached hydrogens (tertiary/aromatic N) is 2. The van der Waals surface area contributed by atoms with Crippen molar-refractivity contribution in [3.8, 4) is 11.5 Å². The smallest absolute Gasteiger partial charge is 0.188 e. The Morgan fingerprint density at radius 1 is 1.41 bits per heavy atom. The van der Waals surface area contributed by atoms with Gasteiger partial charge in [0, 0.05) is 12.7 Å². The van der Waals surface area contributed by atoms with Crippen LogP contribution < -0.4 is 15.8 Å². The van der Waals surface area contributed by atoms with Gasteiger partial charge in [-0.2, -0.15) is 0 Å². The number of aromatic nitrogens is 1. The van der Waals surface area contributed by atoms with Gasteiger partial charge in [0.2, 0.25) is 0 Å². The van der Waals surface area contributed by atoms with Gasteiger partial charge >= 0.3 is 0 Å². The molecule has 1 aromatic heterocycles. The lowest BCUT2D eigenvalue weighted by Crippen LogP contribution is -2.32. The van der Waals surface area contributed by atoms with Crippen LogP contribution in [0.4, 0.5) is 4.39 Å². The minimum Gasteiger partial charge on any atom is -0.453 e. The van der Waals surface area contributed by atoms with E-state index in [1.165, 1.54) is 12.3 Å². The summed E-state index contributed by atoms with van der Waals surface area (Å²) in [6.45, 7) is 3.12. The van der Waals surface area contributed by atoms with Crippen molar-refractivity contribution in [2.24, 2.45) is 10.7 Å². The summed E-state index contributed by atoms with van der Waals surface area (Å²) in [4.78, 5) is 8.07. The monoisotopic (exact) mass is 302 g/mol. The maximum absolute atomic E-state index is 14.0. The molecule has 0 saturated heterocycles. The number of guanidine groups is 1. The minimum atomic E-state index is -0.448. The second-order valence-corrected chi connectivity index (χ2v) is 4.68. The van der Waals surface area contributed by atoms with E-state index in [9.17, 15) is 4.39 Å². The molecule has 0 saturated carbocycles. The molecule has 0 spiro atoms. The lowest BCUT2D eigenvalue weighted by atomic mass is 10.2. The molecule has 0 bridgehead atoms. The summed E-state index contributed by atoms with van der Waals surface area (Å²) in [7, 11) is 0. The van der Waals surface area contributed by atoms with Gasteiger partial charge in [0.25, 0.3) is 0 Å². The fraction of sp³-hybridized carbons (Fsp3) is 0.250. The average molecular weight is 302 g/mol. The average Bonchev–Trinajstić information content (AvgIpc) is 2.54. The van der Waals surface area contributed by atoms with E-state index in [-0.39, 0.29) is 5.75 Å². The van der Waals surface area contributed by atoms with Crippen LogP contribution in [0.5, 0.6) is 11.5 Å². The molecular weight excluding hydrogens is 283 g/mol. The van der Waals surface area contributed by atoms with E-state index in [0.29, 0.717) is 18.3 Å². The first-order chi connectivity index (χ1) is 10.7. The van der Waals surface area contributed by atoms with E-state index in [1.54, 1.807) is 30.5 Å². The van der Waals surface area contributed by atoms with E-state index in [2.05, 4.69) is 15.3 Å². The predicted octanol–water partition coefficient (Wildman–Crippen LogP) is 2.83. The summed E-state index contributed by atoms with van der Waals surface area (Å²) in [5.41, 5.74) is 6.41. The van der Waals surface area contributed by atoms with Gasteiger partial charge in [-0.05, 0) is 36.2 Å². The van der Waals surface area contributed by atoms with Crippen LogP contribution in [-0.4, -0.2) is 17.5 Å². The fourth-order valence-corrected chi connectivity index (χ4v) is 1.75. The number of nitrogens with two attached hydrogens (primary N) is 1. The van der Waals surface area contributed by atoms with Gasteiger partial charge in [-0.1, -0.05) is 13.0 Å². The predicted molar refractivity (Wildman–Crippen MR) is 84.3 cm³/mol. The second-order valence-electron chi connectivity index (χ2n) is 4.68. The van der Waals surface area contributed by atoms with Crippen molar-refractivity contribution in [2.75, 3.05) is 6.54 Å². The van der Waals surface area contributed by atoms with Gasteiger partial charge < -0.3 is 15.8 Å². The normalized spacial score (nSPS) is 11.3. The van der Waals surface area contributed by atoms with Crippen LogP contribution in [0.1, 0.15) is 18.9 Å². The zero-order valence-corrected chi connectivity index (χ0v) is 12.4. The highest BCUT2D eigenvalue weighted by Gasteiger charge is 2.06. The standard InChI is InChI=1S/C16H19FN4O/c1-2-7-20-16(18)21-10-12-5-6-15(14(17)9-12)22-13-4-3-8-19-11-13/h3-6,8-9,11H,2,7,10H2,1H3,(H3,18,20,21). The van der Waals surface area contributed by atoms with Gasteiger partial charge in [-0.15, -0.1) is 0 Å². The van der Waals surface area contributed by atoms with Crippen LogP contribution >= 0.6 is 0 Å². The Balaban J connectivity index is 2.00. The van der Waals surface area contributed by atoms with Crippen molar-refractivity contribution in [3.05, 3.63) is 54.1 Å². The van der Waals surface area contributed by atoms with Gasteiger partial charge in [-0.3, -0.25) is 4.98 Å². The molecule has 0 aliphatic heterocycles. The summed E-state index contributed by atoms with van der Waals surface area (Å²) < 4.78 is 19.5. The highest BCUT2D eigenvalue weighted by molar-refractivity contribution is 5.77. The number of ether oxygens (including phenoxy) is 1. The lowest BCUT2D eigenvalue weighted by Gasteiger charge is -2.08. The van der Waals surface area contributed by atoms with Crippen LogP contribution in [0.25, 0.3) is 0 Å². The number of rotatable bonds is 6. The zero-order valence-electron chi connectivity index (χ0n) is 12.4. The summed E-state index contributed by atoms with van der Waals surface area (Å²) in [5.74, 6) is 0.549. The molecule has 0 fully saturated rings. The van der Waals surface area contributed by atoms with E-state index in [1.807, 2.05) is 6.92 Å². The molecule has 22 heavy (non-hydrogen) atoms. The summed E-state index contributed by atoms with van der Waals surface area (Å²) in [5, 5.41) is 2.96. The van der Waals surface area contributed by atoms with Crippen LogP contribution in [0, 0.1) is 5.82 Å². The van der Waals surface area contributed by atoms with Gasteiger partial charge in [0.1, 0.15) is 5.75 Å². The molecule has 0 aliphatic carbocycles. The second kappa shape index (κ2) is 7.97. The number of hydrogen-bond acceptors (Lipinski definition) is 3. The third kappa shape index (κ3) is 4.73. The van der Waals surface area contributed by atoms with E-state index >= 15 is 0 Å². The number of benzene rings is 1. The number of nitrogens with one attached hydrogen (secondary N) is 1. The Morgan fingerprint density at radius 2 is 2.27 bits per heavy atom. The molecule has 0 unspecified atom stereocenters. The largest absolute Gasteiger partial charge is 0.453 e. The Labute approximate surface area is 129 Å². The maximum atomic E-state index is 14.0. The number of halogens is 1. The Morgan fingerprint density at radius 3 is 2.95 bits per heavy atom. The fourth-order valence-electron chi connectivity index (χ4n) is 1.75. The molecule has 1 heterocycles.